The maximum Gasteiger partial charge on any atom is 0.125 e. The summed E-state index contributed by atoms with van der Waals surface area (Å²) in [6, 6.07) is 15.9. The number of hydrogen-bond donors (Lipinski definition) is 1. The molecule has 0 bridgehead atoms. The molecule has 3 rings (SSSR count). The van der Waals surface area contributed by atoms with Crippen molar-refractivity contribution in [2.24, 2.45) is 0 Å². The molecule has 2 unspecified atom stereocenters. The molecule has 0 aromatic heterocycles. The van der Waals surface area contributed by atoms with E-state index in [0.717, 1.165) is 23.5 Å². The minimum atomic E-state index is -0.533. The molecule has 2 aromatic carbocycles. The lowest BCUT2D eigenvalue weighted by Gasteiger charge is -2.39. The van der Waals surface area contributed by atoms with Crippen molar-refractivity contribution in [1.29, 1.82) is 0 Å². The largest absolute Gasteiger partial charge is 0.491 e. The van der Waals surface area contributed by atoms with Crippen molar-refractivity contribution in [3.05, 3.63) is 59.7 Å². The van der Waals surface area contributed by atoms with Gasteiger partial charge in [-0.25, -0.2) is 0 Å². The second-order valence-corrected chi connectivity index (χ2v) is 5.43. The summed E-state index contributed by atoms with van der Waals surface area (Å²) in [6.45, 7) is 5.54. The van der Waals surface area contributed by atoms with Crippen molar-refractivity contribution in [2.45, 2.75) is 26.0 Å². The van der Waals surface area contributed by atoms with E-state index in [-0.39, 0.29) is 6.04 Å². The molecular formula is C18H21NO2. The average Bonchev–Trinajstić information content (AvgIpc) is 2.52. The molecular weight excluding hydrogens is 262 g/mol. The molecule has 2 aromatic rings. The Morgan fingerprint density at radius 2 is 1.86 bits per heavy atom. The van der Waals surface area contributed by atoms with Gasteiger partial charge in [0, 0.05) is 17.8 Å². The fourth-order valence-corrected chi connectivity index (χ4v) is 3.06. The molecule has 0 saturated carbocycles. The van der Waals surface area contributed by atoms with Gasteiger partial charge in [-0.2, -0.15) is 0 Å². The number of aliphatic hydroxyl groups is 1. The number of anilines is 1. The molecule has 1 aliphatic rings. The van der Waals surface area contributed by atoms with Gasteiger partial charge in [-0.05, 0) is 31.5 Å². The zero-order valence-corrected chi connectivity index (χ0v) is 12.5. The molecule has 2 atom stereocenters. The third-order valence-electron chi connectivity index (χ3n) is 4.18. The van der Waals surface area contributed by atoms with Crippen molar-refractivity contribution in [1.82, 2.24) is 0 Å². The molecule has 110 valence electrons. The molecule has 21 heavy (non-hydrogen) atoms. The van der Waals surface area contributed by atoms with E-state index in [1.807, 2.05) is 36.4 Å². The summed E-state index contributed by atoms with van der Waals surface area (Å²) in [7, 11) is 0. The summed E-state index contributed by atoms with van der Waals surface area (Å²) in [4.78, 5) is 2.23. The van der Waals surface area contributed by atoms with Crippen LogP contribution in [0.4, 0.5) is 5.69 Å². The smallest absolute Gasteiger partial charge is 0.125 e. The molecule has 1 heterocycles. The Labute approximate surface area is 125 Å². The molecule has 1 aliphatic heterocycles. The zero-order chi connectivity index (χ0) is 14.8. The van der Waals surface area contributed by atoms with Gasteiger partial charge in [0.15, 0.2) is 0 Å². The molecule has 0 amide bonds. The van der Waals surface area contributed by atoms with Crippen LogP contribution in [0, 0.1) is 6.92 Å². The second-order valence-electron chi connectivity index (χ2n) is 5.43. The van der Waals surface area contributed by atoms with Gasteiger partial charge in [0.25, 0.3) is 0 Å². The third-order valence-corrected chi connectivity index (χ3v) is 4.18. The number of aryl methyl sites for hydroxylation is 1. The highest BCUT2D eigenvalue weighted by Crippen LogP contribution is 2.36. The number of nitrogens with zero attached hydrogens (tertiary/aromatic N) is 1. The molecule has 0 aliphatic carbocycles. The van der Waals surface area contributed by atoms with Gasteiger partial charge in [0.05, 0.1) is 6.04 Å². The fourth-order valence-electron chi connectivity index (χ4n) is 3.06. The highest BCUT2D eigenvalue weighted by atomic mass is 16.5. The molecule has 0 saturated heterocycles. The van der Waals surface area contributed by atoms with Gasteiger partial charge in [-0.1, -0.05) is 36.4 Å². The quantitative estimate of drug-likeness (QED) is 0.938. The van der Waals surface area contributed by atoms with Crippen LogP contribution in [0.15, 0.2) is 48.5 Å². The first-order valence-corrected chi connectivity index (χ1v) is 7.44. The average molecular weight is 283 g/mol. The lowest BCUT2D eigenvalue weighted by molar-refractivity contribution is 0.0873. The van der Waals surface area contributed by atoms with E-state index < -0.39 is 6.10 Å². The van der Waals surface area contributed by atoms with E-state index in [4.69, 9.17) is 4.74 Å². The van der Waals surface area contributed by atoms with E-state index >= 15 is 0 Å². The SMILES string of the molecule is CCN(c1ccccc1C)C1COc2ccccc2C1O. The van der Waals surface area contributed by atoms with Gasteiger partial charge in [0.2, 0.25) is 0 Å². The lowest BCUT2D eigenvalue weighted by atomic mass is 9.97. The van der Waals surface area contributed by atoms with Gasteiger partial charge in [0.1, 0.15) is 18.5 Å². The van der Waals surface area contributed by atoms with Gasteiger partial charge in [-0.15, -0.1) is 0 Å². The van der Waals surface area contributed by atoms with Crippen LogP contribution >= 0.6 is 0 Å². The summed E-state index contributed by atoms with van der Waals surface area (Å²) in [5.74, 6) is 0.794. The van der Waals surface area contributed by atoms with Crippen LogP contribution in [0.5, 0.6) is 5.75 Å². The number of hydrogen-bond acceptors (Lipinski definition) is 3. The monoisotopic (exact) mass is 283 g/mol. The predicted octanol–water partition coefficient (Wildman–Crippen LogP) is 3.32. The Balaban J connectivity index is 1.95. The van der Waals surface area contributed by atoms with E-state index in [0.29, 0.717) is 6.61 Å². The third kappa shape index (κ3) is 2.49. The van der Waals surface area contributed by atoms with Crippen molar-refractivity contribution in [2.75, 3.05) is 18.1 Å². The summed E-state index contributed by atoms with van der Waals surface area (Å²) in [5, 5.41) is 10.8. The normalized spacial score (nSPS) is 20.5. The van der Waals surface area contributed by atoms with E-state index in [9.17, 15) is 5.11 Å². The Bertz CT molecular complexity index is 626. The minimum absolute atomic E-state index is 0.0639. The Morgan fingerprint density at radius 1 is 1.14 bits per heavy atom. The Hall–Kier alpha value is -2.00. The van der Waals surface area contributed by atoms with Crippen molar-refractivity contribution in [3.63, 3.8) is 0 Å². The number of rotatable bonds is 3. The topological polar surface area (TPSA) is 32.7 Å². The summed E-state index contributed by atoms with van der Waals surface area (Å²) >= 11 is 0. The minimum Gasteiger partial charge on any atom is -0.491 e. The first-order valence-electron chi connectivity index (χ1n) is 7.44. The van der Waals surface area contributed by atoms with Crippen molar-refractivity contribution < 1.29 is 9.84 Å². The molecule has 3 heteroatoms. The number of aliphatic hydroxyl groups excluding tert-OH is 1. The molecule has 0 radical (unpaired) electrons. The van der Waals surface area contributed by atoms with E-state index in [1.54, 1.807) is 0 Å². The van der Waals surface area contributed by atoms with Crippen LogP contribution < -0.4 is 9.64 Å². The molecule has 1 N–H and O–H groups in total. The van der Waals surface area contributed by atoms with E-state index in [1.165, 1.54) is 5.56 Å². The van der Waals surface area contributed by atoms with Gasteiger partial charge >= 0.3 is 0 Å². The summed E-state index contributed by atoms with van der Waals surface area (Å²) < 4.78 is 5.85. The van der Waals surface area contributed by atoms with Crippen LogP contribution in [0.1, 0.15) is 24.2 Å². The van der Waals surface area contributed by atoms with Gasteiger partial charge < -0.3 is 14.7 Å². The van der Waals surface area contributed by atoms with E-state index in [2.05, 4.69) is 30.9 Å². The fraction of sp³-hybridized carbons (Fsp3) is 0.333. The predicted molar refractivity (Wildman–Crippen MR) is 84.9 cm³/mol. The number of para-hydroxylation sites is 2. The molecule has 0 fully saturated rings. The number of benzene rings is 2. The van der Waals surface area contributed by atoms with Crippen LogP contribution in [-0.4, -0.2) is 24.3 Å². The summed E-state index contributed by atoms with van der Waals surface area (Å²) in [5.41, 5.74) is 3.25. The Morgan fingerprint density at radius 3 is 2.62 bits per heavy atom. The van der Waals surface area contributed by atoms with Crippen LogP contribution in [-0.2, 0) is 0 Å². The second kappa shape index (κ2) is 5.78. The zero-order valence-electron chi connectivity index (χ0n) is 12.5. The first-order chi connectivity index (χ1) is 10.2. The van der Waals surface area contributed by atoms with Crippen LogP contribution in [0.2, 0.25) is 0 Å². The molecule has 3 nitrogen and oxygen atoms in total. The van der Waals surface area contributed by atoms with Crippen molar-refractivity contribution >= 4 is 5.69 Å². The number of fused-ring (bicyclic) bond motifs is 1. The number of likely N-dealkylation sites (N-methyl/N-ethyl adjacent to an activating group) is 1. The Kier molecular flexibility index (Phi) is 3.84. The van der Waals surface area contributed by atoms with Crippen LogP contribution in [0.3, 0.4) is 0 Å². The van der Waals surface area contributed by atoms with Crippen LogP contribution in [0.25, 0.3) is 0 Å². The molecule has 0 spiro atoms. The number of ether oxygens (including phenoxy) is 1. The highest BCUT2D eigenvalue weighted by molar-refractivity contribution is 5.55. The lowest BCUT2D eigenvalue weighted by Crippen LogP contribution is -2.46. The first kappa shape index (κ1) is 14.0. The van der Waals surface area contributed by atoms with Gasteiger partial charge in [-0.3, -0.25) is 0 Å². The standard InChI is InChI=1S/C18H21NO2/c1-3-19(15-10-6-4-8-13(15)2)16-12-21-17-11-7-5-9-14(17)18(16)20/h4-11,16,18,20H,3,12H2,1-2H3. The van der Waals surface area contributed by atoms with Crippen molar-refractivity contribution in [3.8, 4) is 5.75 Å². The summed E-state index contributed by atoms with van der Waals surface area (Å²) in [6.07, 6.45) is -0.533. The maximum absolute atomic E-state index is 10.8. The highest BCUT2D eigenvalue weighted by Gasteiger charge is 2.33. The maximum atomic E-state index is 10.8.